The highest BCUT2D eigenvalue weighted by Gasteiger charge is 2.38. The van der Waals surface area contributed by atoms with Crippen molar-refractivity contribution in [1.29, 1.82) is 0 Å². The van der Waals surface area contributed by atoms with Crippen LogP contribution in [0.3, 0.4) is 0 Å². The summed E-state index contributed by atoms with van der Waals surface area (Å²) in [4.78, 5) is 33.5. The number of halogens is 3. The monoisotopic (exact) mass is 453 g/mol. The van der Waals surface area contributed by atoms with Crippen LogP contribution in [0, 0.1) is 0 Å². The maximum absolute atomic E-state index is 13.3. The molecular formula is C22H30F3N5O2. The number of piperazine rings is 1. The number of benzene rings is 1. The van der Waals surface area contributed by atoms with Gasteiger partial charge in [0, 0.05) is 32.7 Å². The zero-order chi connectivity index (χ0) is 23.3. The fraction of sp³-hybridized carbons (Fsp3) is 0.591. The van der Waals surface area contributed by atoms with Gasteiger partial charge in [0.25, 0.3) is 5.56 Å². The molecule has 0 bridgehead atoms. The zero-order valence-corrected chi connectivity index (χ0v) is 18.5. The molecule has 1 N–H and O–H groups in total. The van der Waals surface area contributed by atoms with Crippen molar-refractivity contribution in [2.24, 2.45) is 0 Å². The number of para-hydroxylation sites is 2. The highest BCUT2D eigenvalue weighted by Crippen LogP contribution is 2.27. The minimum atomic E-state index is -4.90. The molecule has 1 aromatic carbocycles. The van der Waals surface area contributed by atoms with Crippen molar-refractivity contribution in [3.05, 3.63) is 40.3 Å². The molecule has 1 aliphatic rings. The second kappa shape index (κ2) is 10.4. The molecule has 176 valence electrons. The molecule has 10 heteroatoms. The number of carbonyl (C=O) groups is 1. The second-order valence-electron chi connectivity index (χ2n) is 8.13. The number of aromatic nitrogens is 2. The minimum absolute atomic E-state index is 0.0151. The molecule has 0 saturated carbocycles. The van der Waals surface area contributed by atoms with Crippen LogP contribution >= 0.6 is 0 Å². The van der Waals surface area contributed by atoms with Gasteiger partial charge in [0.15, 0.2) is 0 Å². The van der Waals surface area contributed by atoms with Crippen LogP contribution in [0.1, 0.15) is 38.4 Å². The van der Waals surface area contributed by atoms with Crippen molar-refractivity contribution < 1.29 is 18.0 Å². The first kappa shape index (κ1) is 24.2. The summed E-state index contributed by atoms with van der Waals surface area (Å²) in [5, 5.41) is 2.76. The Morgan fingerprint density at radius 2 is 1.75 bits per heavy atom. The number of nitrogens with zero attached hydrogens (tertiary/aromatic N) is 4. The Kier molecular flexibility index (Phi) is 7.89. The van der Waals surface area contributed by atoms with E-state index in [2.05, 4.69) is 27.0 Å². The highest BCUT2D eigenvalue weighted by molar-refractivity contribution is 5.83. The topological polar surface area (TPSA) is 70.5 Å². The molecule has 1 saturated heterocycles. The van der Waals surface area contributed by atoms with Crippen molar-refractivity contribution in [3.8, 4) is 0 Å². The van der Waals surface area contributed by atoms with E-state index in [-0.39, 0.29) is 11.0 Å². The zero-order valence-electron chi connectivity index (χ0n) is 18.5. The lowest BCUT2D eigenvalue weighted by Gasteiger charge is -2.34. The number of amides is 1. The summed E-state index contributed by atoms with van der Waals surface area (Å²) in [5.74, 6) is -0.496. The van der Waals surface area contributed by atoms with E-state index >= 15 is 0 Å². The Morgan fingerprint density at radius 3 is 2.38 bits per heavy atom. The van der Waals surface area contributed by atoms with Crippen LogP contribution in [-0.2, 0) is 11.0 Å². The lowest BCUT2D eigenvalue weighted by atomic mass is 10.2. The van der Waals surface area contributed by atoms with Gasteiger partial charge in [-0.3, -0.25) is 14.2 Å². The predicted octanol–water partition coefficient (Wildman–Crippen LogP) is 2.51. The van der Waals surface area contributed by atoms with Gasteiger partial charge in [0.2, 0.25) is 11.6 Å². The first-order valence-electron chi connectivity index (χ1n) is 11.0. The number of alkyl halides is 3. The molecule has 0 unspecified atom stereocenters. The normalized spacial score (nSPS) is 16.9. The summed E-state index contributed by atoms with van der Waals surface area (Å²) in [6, 6.07) is 4.92. The molecule has 1 aromatic heterocycles. The molecule has 1 amide bonds. The van der Waals surface area contributed by atoms with E-state index in [0.717, 1.165) is 56.7 Å². The lowest BCUT2D eigenvalue weighted by Crippen LogP contribution is -2.47. The smallest absolute Gasteiger partial charge is 0.354 e. The van der Waals surface area contributed by atoms with E-state index in [1.165, 1.54) is 25.1 Å². The van der Waals surface area contributed by atoms with Crippen LogP contribution in [0.4, 0.5) is 13.2 Å². The van der Waals surface area contributed by atoms with Crippen LogP contribution in [0.5, 0.6) is 0 Å². The number of carbonyl (C=O) groups excluding carboxylic acids is 1. The van der Waals surface area contributed by atoms with Crippen molar-refractivity contribution in [1.82, 2.24) is 24.7 Å². The lowest BCUT2D eigenvalue weighted by molar-refractivity contribution is -0.142. The molecule has 1 atom stereocenters. The quantitative estimate of drug-likeness (QED) is 0.622. The summed E-state index contributed by atoms with van der Waals surface area (Å²) < 4.78 is 40.9. The first-order valence-corrected chi connectivity index (χ1v) is 11.0. The van der Waals surface area contributed by atoms with Gasteiger partial charge in [-0.2, -0.15) is 13.2 Å². The molecular weight excluding hydrogens is 423 g/mol. The van der Waals surface area contributed by atoms with Crippen LogP contribution in [0.25, 0.3) is 11.0 Å². The van der Waals surface area contributed by atoms with E-state index in [9.17, 15) is 22.8 Å². The van der Waals surface area contributed by atoms with Gasteiger partial charge >= 0.3 is 6.18 Å². The third-order valence-electron chi connectivity index (χ3n) is 5.79. The van der Waals surface area contributed by atoms with Crippen molar-refractivity contribution in [3.63, 3.8) is 0 Å². The molecule has 2 heterocycles. The van der Waals surface area contributed by atoms with E-state index in [1.807, 2.05) is 0 Å². The Hall–Kier alpha value is -2.46. The van der Waals surface area contributed by atoms with Crippen LogP contribution in [-0.4, -0.2) is 71.1 Å². The average Bonchev–Trinajstić information content (AvgIpc) is 2.76. The summed E-state index contributed by atoms with van der Waals surface area (Å²) in [6.45, 7) is 9.99. The third kappa shape index (κ3) is 5.66. The van der Waals surface area contributed by atoms with Crippen molar-refractivity contribution >= 4 is 16.9 Å². The molecule has 0 spiro atoms. The number of hydrogen-bond acceptors (Lipinski definition) is 5. The third-order valence-corrected chi connectivity index (χ3v) is 5.79. The van der Waals surface area contributed by atoms with E-state index in [4.69, 9.17) is 0 Å². The van der Waals surface area contributed by atoms with Gasteiger partial charge in [-0.15, -0.1) is 0 Å². The Labute approximate surface area is 185 Å². The maximum Gasteiger partial charge on any atom is 0.438 e. The fourth-order valence-electron chi connectivity index (χ4n) is 4.06. The number of rotatable bonds is 8. The minimum Gasteiger partial charge on any atom is -0.354 e. The summed E-state index contributed by atoms with van der Waals surface area (Å²) in [5.41, 5.74) is -2.62. The Balaban J connectivity index is 1.62. The molecule has 1 aliphatic heterocycles. The van der Waals surface area contributed by atoms with Crippen LogP contribution < -0.4 is 10.9 Å². The van der Waals surface area contributed by atoms with Gasteiger partial charge < -0.3 is 15.1 Å². The number of hydrogen-bond donors (Lipinski definition) is 1. The highest BCUT2D eigenvalue weighted by atomic mass is 19.4. The first-order chi connectivity index (χ1) is 15.2. The van der Waals surface area contributed by atoms with Gasteiger partial charge in [-0.1, -0.05) is 19.1 Å². The van der Waals surface area contributed by atoms with Crippen molar-refractivity contribution in [2.75, 3.05) is 45.8 Å². The summed E-state index contributed by atoms with van der Waals surface area (Å²) in [7, 11) is 0. The standard InChI is InChI=1S/C22H30F3N5O2/c1-3-10-28-12-14-29(15-13-28)11-6-9-26-20(31)16(2)30-18-8-5-4-7-17(18)27-19(21(30)32)22(23,24)25/h4-5,7-8,16H,3,6,9-15H2,1-2H3,(H,26,31)/t16-/m1/s1. The van der Waals surface area contributed by atoms with Crippen molar-refractivity contribution in [2.45, 2.75) is 38.9 Å². The largest absolute Gasteiger partial charge is 0.438 e. The number of nitrogens with one attached hydrogen (secondary N) is 1. The molecule has 0 radical (unpaired) electrons. The van der Waals surface area contributed by atoms with Gasteiger partial charge in [-0.05, 0) is 45.0 Å². The van der Waals surface area contributed by atoms with Crippen LogP contribution in [0.15, 0.2) is 29.1 Å². The van der Waals surface area contributed by atoms with Gasteiger partial charge in [0.05, 0.1) is 11.0 Å². The molecule has 2 aromatic rings. The Morgan fingerprint density at radius 1 is 1.12 bits per heavy atom. The van der Waals surface area contributed by atoms with E-state index < -0.39 is 29.4 Å². The van der Waals surface area contributed by atoms with E-state index in [1.54, 1.807) is 6.07 Å². The average molecular weight is 454 g/mol. The molecule has 3 rings (SSSR count). The van der Waals surface area contributed by atoms with Crippen LogP contribution in [0.2, 0.25) is 0 Å². The molecule has 1 fully saturated rings. The van der Waals surface area contributed by atoms with Gasteiger partial charge in [0.1, 0.15) is 6.04 Å². The number of fused-ring (bicyclic) bond motifs is 1. The molecule has 0 aliphatic carbocycles. The predicted molar refractivity (Wildman–Crippen MR) is 117 cm³/mol. The Bertz CT molecular complexity index is 984. The van der Waals surface area contributed by atoms with Gasteiger partial charge in [-0.25, -0.2) is 4.98 Å². The SMILES string of the molecule is CCCN1CCN(CCCNC(=O)[C@@H](C)n2c(=O)c(C(F)(F)F)nc3ccccc32)CC1. The summed E-state index contributed by atoms with van der Waals surface area (Å²) >= 11 is 0. The maximum atomic E-state index is 13.3. The molecule has 7 nitrogen and oxygen atoms in total. The second-order valence-corrected chi connectivity index (χ2v) is 8.13. The molecule has 32 heavy (non-hydrogen) atoms. The van der Waals surface area contributed by atoms with E-state index in [0.29, 0.717) is 6.54 Å². The summed E-state index contributed by atoms with van der Waals surface area (Å²) in [6.07, 6.45) is -3.03. The fourth-order valence-corrected chi connectivity index (χ4v) is 4.06.